The number of ether oxygens (including phenoxy) is 2. The molecule has 1 saturated heterocycles. The zero-order valence-electron chi connectivity index (χ0n) is 25.3. The summed E-state index contributed by atoms with van der Waals surface area (Å²) < 4.78 is 95.7. The molecular weight excluding hydrogens is 615 g/mol. The van der Waals surface area contributed by atoms with E-state index in [0.717, 1.165) is 37.1 Å². The minimum absolute atomic E-state index is 0.108. The van der Waals surface area contributed by atoms with Gasteiger partial charge in [0.15, 0.2) is 11.5 Å². The maximum atomic E-state index is 13.8. The van der Waals surface area contributed by atoms with Crippen molar-refractivity contribution in [3.63, 3.8) is 0 Å². The van der Waals surface area contributed by atoms with Gasteiger partial charge in [-0.3, -0.25) is 4.90 Å². The third-order valence-electron chi connectivity index (χ3n) is 8.14. The number of hydrogen-bond acceptors (Lipinski definition) is 5. The first-order valence-corrected chi connectivity index (χ1v) is 14.0. The number of fused-ring (bicyclic) bond motifs is 1. The normalized spacial score (nSPS) is 22.0. The number of anilines is 1. The highest BCUT2D eigenvalue weighted by molar-refractivity contribution is 5.89. The number of urea groups is 1. The van der Waals surface area contributed by atoms with E-state index in [1.54, 1.807) is 14.2 Å². The number of rotatable bonds is 5. The Kier molecular flexibility index (Phi) is 10.6. The van der Waals surface area contributed by atoms with E-state index in [4.69, 9.17) is 19.4 Å². The molecule has 2 aromatic rings. The molecule has 0 bridgehead atoms. The Balaban J connectivity index is 0.000000707. The van der Waals surface area contributed by atoms with Crippen LogP contribution in [0.3, 0.4) is 0 Å². The molecule has 1 saturated carbocycles. The standard InChI is InChI=1S/C28H35F4N3O3.C2HF3O2/c1-26(2,3)35-11-10-27(17-6-7-22(37-4)23(14-17)38-5)9-8-20(16-24(27)35)33-25(36)34-21-13-18(28(30,31)32)12-19(29)15-21;3-2(4,5)1(6)7/h6-7,12-15,20,24H,8-11,16H2,1-5H3,(H2,33,34,36);(H,6,7). The van der Waals surface area contributed by atoms with Crippen LogP contribution >= 0.6 is 0 Å². The van der Waals surface area contributed by atoms with E-state index in [2.05, 4.69) is 42.4 Å². The molecule has 1 aliphatic heterocycles. The number of methoxy groups -OCH3 is 2. The first-order valence-electron chi connectivity index (χ1n) is 14.0. The third kappa shape index (κ3) is 8.50. The zero-order chi connectivity index (χ0) is 34.0. The molecule has 0 aromatic heterocycles. The van der Waals surface area contributed by atoms with E-state index in [-0.39, 0.29) is 28.7 Å². The average Bonchev–Trinajstić information content (AvgIpc) is 3.32. The number of carboxylic acid groups (broad SMARTS) is 1. The molecule has 1 heterocycles. The van der Waals surface area contributed by atoms with E-state index in [9.17, 15) is 35.5 Å². The van der Waals surface area contributed by atoms with Crippen molar-refractivity contribution in [2.45, 2.75) is 81.8 Å². The van der Waals surface area contributed by atoms with Crippen molar-refractivity contribution in [2.24, 2.45) is 0 Å². The number of likely N-dealkylation sites (tertiary alicyclic amines) is 1. The lowest BCUT2D eigenvalue weighted by molar-refractivity contribution is -0.192. The lowest BCUT2D eigenvalue weighted by atomic mass is 9.64. The van der Waals surface area contributed by atoms with Crippen molar-refractivity contribution >= 4 is 17.7 Å². The highest BCUT2D eigenvalue weighted by Crippen LogP contribution is 2.52. The number of nitrogens with zero attached hydrogens (tertiary/aromatic N) is 1. The topological polar surface area (TPSA) is 100 Å². The second-order valence-corrected chi connectivity index (χ2v) is 12.0. The first kappa shape index (κ1) is 35.7. The van der Waals surface area contributed by atoms with E-state index >= 15 is 0 Å². The van der Waals surface area contributed by atoms with Gasteiger partial charge in [-0.25, -0.2) is 14.0 Å². The zero-order valence-corrected chi connectivity index (χ0v) is 25.3. The number of hydrogen-bond donors (Lipinski definition) is 3. The van der Waals surface area contributed by atoms with Crippen molar-refractivity contribution in [1.29, 1.82) is 0 Å². The summed E-state index contributed by atoms with van der Waals surface area (Å²) in [6.45, 7) is 7.40. The molecule has 2 amide bonds. The van der Waals surface area contributed by atoms with Crippen LogP contribution in [0.1, 0.15) is 57.6 Å². The molecule has 8 nitrogen and oxygen atoms in total. The number of aliphatic carboxylic acids is 1. The monoisotopic (exact) mass is 651 g/mol. The summed E-state index contributed by atoms with van der Waals surface area (Å²) in [7, 11) is 3.22. The molecule has 0 radical (unpaired) electrons. The van der Waals surface area contributed by atoms with E-state index < -0.39 is 35.7 Å². The maximum absolute atomic E-state index is 13.8. The van der Waals surface area contributed by atoms with E-state index in [0.29, 0.717) is 30.4 Å². The number of nitrogens with one attached hydrogen (secondary N) is 2. The summed E-state index contributed by atoms with van der Waals surface area (Å²) in [4.78, 5) is 24.1. The fraction of sp³-hybridized carbons (Fsp3) is 0.533. The molecule has 3 N–H and O–H groups in total. The third-order valence-corrected chi connectivity index (χ3v) is 8.14. The average molecular weight is 652 g/mol. The van der Waals surface area contributed by atoms with Crippen LogP contribution in [-0.2, 0) is 16.4 Å². The van der Waals surface area contributed by atoms with Gasteiger partial charge >= 0.3 is 24.4 Å². The number of benzene rings is 2. The fourth-order valence-corrected chi connectivity index (χ4v) is 6.14. The Morgan fingerprint density at radius 3 is 2.11 bits per heavy atom. The van der Waals surface area contributed by atoms with Crippen molar-refractivity contribution in [3.05, 3.63) is 53.3 Å². The summed E-state index contributed by atoms with van der Waals surface area (Å²) in [6, 6.07) is 7.31. The molecule has 1 aliphatic carbocycles. The first-order chi connectivity index (χ1) is 20.7. The summed E-state index contributed by atoms with van der Waals surface area (Å²) in [5.74, 6) is -2.50. The Morgan fingerprint density at radius 1 is 0.956 bits per heavy atom. The molecule has 15 heteroatoms. The summed E-state index contributed by atoms with van der Waals surface area (Å²) in [5, 5.41) is 12.4. The lowest BCUT2D eigenvalue weighted by Crippen LogP contribution is -2.56. The molecule has 3 atom stereocenters. The highest BCUT2D eigenvalue weighted by atomic mass is 19.4. The number of halogens is 7. The van der Waals surface area contributed by atoms with Crippen molar-refractivity contribution in [2.75, 3.05) is 26.1 Å². The van der Waals surface area contributed by atoms with Crippen LogP contribution in [0.5, 0.6) is 11.5 Å². The van der Waals surface area contributed by atoms with Gasteiger partial charge < -0.3 is 25.2 Å². The van der Waals surface area contributed by atoms with Gasteiger partial charge in [-0.05, 0) is 88.9 Å². The number of alkyl halides is 6. The summed E-state index contributed by atoms with van der Waals surface area (Å²) >= 11 is 0. The van der Waals surface area contributed by atoms with Gasteiger partial charge in [-0.1, -0.05) is 6.07 Å². The predicted molar refractivity (Wildman–Crippen MR) is 151 cm³/mol. The van der Waals surface area contributed by atoms with Gasteiger partial charge in [-0.15, -0.1) is 0 Å². The van der Waals surface area contributed by atoms with Crippen molar-refractivity contribution in [3.8, 4) is 11.5 Å². The van der Waals surface area contributed by atoms with Crippen molar-refractivity contribution in [1.82, 2.24) is 10.2 Å². The molecule has 2 aromatic carbocycles. The maximum Gasteiger partial charge on any atom is 0.490 e. The highest BCUT2D eigenvalue weighted by Gasteiger charge is 2.54. The number of carboxylic acids is 1. The number of carbonyl (C=O) groups is 2. The molecule has 0 spiro atoms. The van der Waals surface area contributed by atoms with Crippen molar-refractivity contribution < 1.29 is 54.9 Å². The van der Waals surface area contributed by atoms with Crippen LogP contribution in [0, 0.1) is 5.82 Å². The minimum atomic E-state index is -5.08. The lowest BCUT2D eigenvalue weighted by Gasteiger charge is -2.48. The van der Waals surface area contributed by atoms with Crippen LogP contribution in [0.15, 0.2) is 36.4 Å². The molecule has 4 rings (SSSR count). The largest absolute Gasteiger partial charge is 0.493 e. The molecule has 3 unspecified atom stereocenters. The van der Waals surface area contributed by atoms with E-state index in [1.165, 1.54) is 0 Å². The van der Waals surface area contributed by atoms with Gasteiger partial charge in [-0.2, -0.15) is 26.3 Å². The summed E-state index contributed by atoms with van der Waals surface area (Å²) in [6.07, 6.45) is -6.69. The van der Waals surface area contributed by atoms with E-state index in [1.807, 2.05) is 12.1 Å². The summed E-state index contributed by atoms with van der Waals surface area (Å²) in [5.41, 5.74) is -0.498. The fourth-order valence-electron chi connectivity index (χ4n) is 6.14. The quantitative estimate of drug-likeness (QED) is 0.302. The van der Waals surface area contributed by atoms with Crippen LogP contribution < -0.4 is 20.1 Å². The van der Waals surface area contributed by atoms with Gasteiger partial charge in [0.25, 0.3) is 0 Å². The smallest absolute Gasteiger partial charge is 0.490 e. The Labute approximate surface area is 255 Å². The Hall–Kier alpha value is -3.75. The number of carbonyl (C=O) groups excluding carboxylic acids is 1. The molecule has 2 fully saturated rings. The Morgan fingerprint density at radius 2 is 1.58 bits per heavy atom. The second-order valence-electron chi connectivity index (χ2n) is 12.0. The SMILES string of the molecule is COc1ccc(C23CCC(NC(=O)Nc4cc(F)cc(C(F)(F)F)c4)CC2N(C(C)(C)C)CC3)cc1OC.O=C(O)C(F)(F)F. The molecule has 2 aliphatic rings. The van der Waals surface area contributed by atoms with Crippen LogP contribution in [0.2, 0.25) is 0 Å². The molecule has 250 valence electrons. The number of amides is 2. The van der Waals surface area contributed by atoms with Gasteiger partial charge in [0.05, 0.1) is 19.8 Å². The minimum Gasteiger partial charge on any atom is -0.493 e. The predicted octanol–water partition coefficient (Wildman–Crippen LogP) is 6.98. The molecule has 45 heavy (non-hydrogen) atoms. The Bertz CT molecular complexity index is 1380. The van der Waals surface area contributed by atoms with Gasteiger partial charge in [0.1, 0.15) is 5.82 Å². The van der Waals surface area contributed by atoms with Crippen LogP contribution in [0.4, 0.5) is 41.2 Å². The van der Waals surface area contributed by atoms with Crippen LogP contribution in [0.25, 0.3) is 0 Å². The molecular formula is C30H36F7N3O5. The van der Waals surface area contributed by atoms with Gasteiger partial charge in [0, 0.05) is 28.7 Å². The second kappa shape index (κ2) is 13.3. The van der Waals surface area contributed by atoms with Gasteiger partial charge in [0.2, 0.25) is 0 Å². The van der Waals surface area contributed by atoms with Crippen LogP contribution in [-0.4, -0.2) is 66.6 Å².